The number of hydrogen-bond donors (Lipinski definition) is 1. The van der Waals surface area contributed by atoms with Gasteiger partial charge in [-0.2, -0.15) is 0 Å². The molecule has 4 nitrogen and oxygen atoms in total. The number of para-hydroxylation sites is 2. The summed E-state index contributed by atoms with van der Waals surface area (Å²) in [6, 6.07) is 7.48. The van der Waals surface area contributed by atoms with Gasteiger partial charge in [0.05, 0.1) is 12.3 Å². The van der Waals surface area contributed by atoms with Crippen molar-refractivity contribution in [2.45, 2.75) is 19.8 Å². The van der Waals surface area contributed by atoms with Crippen molar-refractivity contribution in [3.05, 3.63) is 24.3 Å². The number of hydrogen-bond acceptors (Lipinski definition) is 2. The maximum absolute atomic E-state index is 11.9. The summed E-state index contributed by atoms with van der Waals surface area (Å²) >= 11 is 0. The van der Waals surface area contributed by atoms with Crippen molar-refractivity contribution in [2.75, 3.05) is 25.0 Å². The second-order valence-electron chi connectivity index (χ2n) is 4.05. The fourth-order valence-electron chi connectivity index (χ4n) is 1.97. The van der Waals surface area contributed by atoms with E-state index in [1.807, 2.05) is 36.1 Å². The van der Waals surface area contributed by atoms with Crippen LogP contribution >= 0.6 is 0 Å². The van der Waals surface area contributed by atoms with E-state index in [0.717, 1.165) is 37.4 Å². The van der Waals surface area contributed by atoms with Crippen LogP contribution in [0.5, 0.6) is 5.75 Å². The van der Waals surface area contributed by atoms with E-state index in [0.29, 0.717) is 6.61 Å². The van der Waals surface area contributed by atoms with Crippen LogP contribution < -0.4 is 10.1 Å². The molecule has 2 rings (SSSR count). The highest BCUT2D eigenvalue weighted by Gasteiger charge is 2.18. The SMILES string of the molecule is CCOc1ccccc1NC(=O)N1CCCC1. The van der Waals surface area contributed by atoms with Gasteiger partial charge in [-0.1, -0.05) is 12.1 Å². The Morgan fingerprint density at radius 1 is 1.35 bits per heavy atom. The Labute approximate surface area is 102 Å². The van der Waals surface area contributed by atoms with Crippen LogP contribution in [0.1, 0.15) is 19.8 Å². The number of carbonyl (C=O) groups is 1. The first-order valence-corrected chi connectivity index (χ1v) is 6.09. The van der Waals surface area contributed by atoms with Gasteiger partial charge in [0.15, 0.2) is 0 Å². The van der Waals surface area contributed by atoms with E-state index in [1.54, 1.807) is 0 Å². The molecule has 1 aliphatic heterocycles. The Balaban J connectivity index is 2.04. The zero-order valence-electron chi connectivity index (χ0n) is 10.1. The van der Waals surface area contributed by atoms with Gasteiger partial charge in [-0.3, -0.25) is 0 Å². The third-order valence-electron chi connectivity index (χ3n) is 2.82. The molecule has 0 radical (unpaired) electrons. The first kappa shape index (κ1) is 11.8. The van der Waals surface area contributed by atoms with Crippen molar-refractivity contribution in [1.82, 2.24) is 4.90 Å². The number of likely N-dealkylation sites (tertiary alicyclic amines) is 1. The minimum absolute atomic E-state index is 0.0327. The highest BCUT2D eigenvalue weighted by molar-refractivity contribution is 5.91. The number of benzene rings is 1. The summed E-state index contributed by atoms with van der Waals surface area (Å²) < 4.78 is 5.47. The van der Waals surface area contributed by atoms with Crippen molar-refractivity contribution in [1.29, 1.82) is 0 Å². The molecule has 1 fully saturated rings. The van der Waals surface area contributed by atoms with Crippen molar-refractivity contribution < 1.29 is 9.53 Å². The largest absolute Gasteiger partial charge is 0.492 e. The molecule has 0 unspecified atom stereocenters. The summed E-state index contributed by atoms with van der Waals surface area (Å²) in [4.78, 5) is 13.8. The molecule has 1 N–H and O–H groups in total. The summed E-state index contributed by atoms with van der Waals surface area (Å²) in [6.45, 7) is 4.22. The van der Waals surface area contributed by atoms with Crippen LogP contribution in [0.25, 0.3) is 0 Å². The second-order valence-corrected chi connectivity index (χ2v) is 4.05. The lowest BCUT2D eigenvalue weighted by Gasteiger charge is -2.17. The average molecular weight is 234 g/mol. The second kappa shape index (κ2) is 5.57. The Bertz CT molecular complexity index is 387. The lowest BCUT2D eigenvalue weighted by Crippen LogP contribution is -2.32. The summed E-state index contributed by atoms with van der Waals surface area (Å²) in [6.07, 6.45) is 2.20. The number of urea groups is 1. The molecule has 0 aromatic heterocycles. The molecule has 1 heterocycles. The zero-order valence-corrected chi connectivity index (χ0v) is 10.1. The molecule has 0 saturated carbocycles. The van der Waals surface area contributed by atoms with Crippen LogP contribution in [0.4, 0.5) is 10.5 Å². The van der Waals surface area contributed by atoms with Gasteiger partial charge in [-0.25, -0.2) is 4.79 Å². The van der Waals surface area contributed by atoms with Gasteiger partial charge >= 0.3 is 6.03 Å². The fourth-order valence-corrected chi connectivity index (χ4v) is 1.97. The monoisotopic (exact) mass is 234 g/mol. The standard InChI is InChI=1S/C13H18N2O2/c1-2-17-12-8-4-3-7-11(12)14-13(16)15-9-5-6-10-15/h3-4,7-8H,2,5-6,9-10H2,1H3,(H,14,16). The molecule has 0 bridgehead atoms. The Kier molecular flexibility index (Phi) is 3.85. The van der Waals surface area contributed by atoms with Crippen molar-refractivity contribution in [3.8, 4) is 5.75 Å². The molecule has 92 valence electrons. The fraction of sp³-hybridized carbons (Fsp3) is 0.462. The number of rotatable bonds is 3. The zero-order chi connectivity index (χ0) is 12.1. The van der Waals surface area contributed by atoms with Gasteiger partial charge in [-0.15, -0.1) is 0 Å². The highest BCUT2D eigenvalue weighted by atomic mass is 16.5. The number of ether oxygens (including phenoxy) is 1. The number of carbonyl (C=O) groups excluding carboxylic acids is 1. The topological polar surface area (TPSA) is 41.6 Å². The molecule has 0 spiro atoms. The van der Waals surface area contributed by atoms with Gasteiger partial charge < -0.3 is 15.0 Å². The molecule has 1 aliphatic rings. The molecule has 1 aromatic rings. The number of amides is 2. The minimum atomic E-state index is -0.0327. The summed E-state index contributed by atoms with van der Waals surface area (Å²) in [5.41, 5.74) is 0.742. The minimum Gasteiger partial charge on any atom is -0.492 e. The molecule has 2 amide bonds. The molecule has 1 aromatic carbocycles. The summed E-state index contributed by atoms with van der Waals surface area (Å²) in [5, 5.41) is 2.90. The van der Waals surface area contributed by atoms with E-state index in [-0.39, 0.29) is 6.03 Å². The van der Waals surface area contributed by atoms with Crippen molar-refractivity contribution >= 4 is 11.7 Å². The predicted octanol–water partition coefficient (Wildman–Crippen LogP) is 2.71. The van der Waals surface area contributed by atoms with E-state index in [2.05, 4.69) is 5.32 Å². The van der Waals surface area contributed by atoms with Gasteiger partial charge in [0, 0.05) is 13.1 Å². The maximum atomic E-state index is 11.9. The number of nitrogens with zero attached hydrogens (tertiary/aromatic N) is 1. The first-order chi connectivity index (χ1) is 8.31. The Morgan fingerprint density at radius 3 is 2.76 bits per heavy atom. The van der Waals surface area contributed by atoms with E-state index >= 15 is 0 Å². The van der Waals surface area contributed by atoms with Crippen LogP contribution in [-0.2, 0) is 0 Å². The Morgan fingerprint density at radius 2 is 2.06 bits per heavy atom. The van der Waals surface area contributed by atoms with Crippen LogP contribution in [0.2, 0.25) is 0 Å². The van der Waals surface area contributed by atoms with Crippen LogP contribution in [-0.4, -0.2) is 30.6 Å². The van der Waals surface area contributed by atoms with Crippen molar-refractivity contribution in [3.63, 3.8) is 0 Å². The van der Waals surface area contributed by atoms with Gasteiger partial charge in [-0.05, 0) is 31.9 Å². The van der Waals surface area contributed by atoms with Gasteiger partial charge in [0.2, 0.25) is 0 Å². The van der Waals surface area contributed by atoms with E-state index in [4.69, 9.17) is 4.74 Å². The molecule has 17 heavy (non-hydrogen) atoms. The third kappa shape index (κ3) is 2.90. The van der Waals surface area contributed by atoms with Crippen molar-refractivity contribution in [2.24, 2.45) is 0 Å². The van der Waals surface area contributed by atoms with Gasteiger partial charge in [0.25, 0.3) is 0 Å². The van der Waals surface area contributed by atoms with Crippen LogP contribution in [0.3, 0.4) is 0 Å². The maximum Gasteiger partial charge on any atom is 0.321 e. The molecular weight excluding hydrogens is 216 g/mol. The smallest absolute Gasteiger partial charge is 0.321 e. The normalized spacial score (nSPS) is 14.8. The average Bonchev–Trinajstić information content (AvgIpc) is 2.85. The van der Waals surface area contributed by atoms with E-state index in [9.17, 15) is 4.79 Å². The van der Waals surface area contributed by atoms with Crippen LogP contribution in [0, 0.1) is 0 Å². The van der Waals surface area contributed by atoms with Gasteiger partial charge in [0.1, 0.15) is 5.75 Å². The molecule has 4 heteroatoms. The van der Waals surface area contributed by atoms with E-state index in [1.165, 1.54) is 0 Å². The quantitative estimate of drug-likeness (QED) is 0.873. The van der Waals surface area contributed by atoms with E-state index < -0.39 is 0 Å². The number of anilines is 1. The van der Waals surface area contributed by atoms with Crippen LogP contribution in [0.15, 0.2) is 24.3 Å². The number of nitrogens with one attached hydrogen (secondary N) is 1. The lowest BCUT2D eigenvalue weighted by atomic mass is 10.3. The molecule has 0 aliphatic carbocycles. The Hall–Kier alpha value is -1.71. The summed E-state index contributed by atoms with van der Waals surface area (Å²) in [5.74, 6) is 0.725. The first-order valence-electron chi connectivity index (χ1n) is 6.09. The molecule has 0 atom stereocenters. The predicted molar refractivity (Wildman–Crippen MR) is 67.4 cm³/mol. The molecule has 1 saturated heterocycles. The highest BCUT2D eigenvalue weighted by Crippen LogP contribution is 2.24. The lowest BCUT2D eigenvalue weighted by molar-refractivity contribution is 0.222. The molecular formula is C13H18N2O2. The summed E-state index contributed by atoms with van der Waals surface area (Å²) in [7, 11) is 0. The third-order valence-corrected chi connectivity index (χ3v) is 2.82.